The molecule has 0 spiro atoms. The molecule has 0 heterocycles. The topological polar surface area (TPSA) is 69.2 Å². The molecule has 8 fully saturated rings. The van der Waals surface area contributed by atoms with Gasteiger partial charge < -0.3 is 9.87 Å². The summed E-state index contributed by atoms with van der Waals surface area (Å²) in [4.78, 5) is 0. The van der Waals surface area contributed by atoms with Crippen molar-refractivity contribution in [2.75, 3.05) is 24.8 Å². The molecule has 0 radical (unpaired) electrons. The van der Waals surface area contributed by atoms with Gasteiger partial charge in [0.15, 0.2) is 0 Å². The van der Waals surface area contributed by atoms with Gasteiger partial charge >= 0.3 is 20.4 Å². The van der Waals surface area contributed by atoms with E-state index in [4.69, 9.17) is 13.0 Å². The minimum Gasteiger partial charge on any atom is -0.748 e. The van der Waals surface area contributed by atoms with Gasteiger partial charge in [0.25, 0.3) is 0 Å². The summed E-state index contributed by atoms with van der Waals surface area (Å²) in [7, 11) is -1.70. The third kappa shape index (κ3) is 8.28. The number of hydrogen-bond acceptors (Lipinski definition) is 4. The van der Waals surface area contributed by atoms with Crippen molar-refractivity contribution < 1.29 is 33.4 Å². The molecule has 2 aromatic rings. The van der Waals surface area contributed by atoms with Gasteiger partial charge in [0.05, 0.1) is 10.1 Å². The van der Waals surface area contributed by atoms with Crippen molar-refractivity contribution in [3.8, 4) is 11.1 Å². The minimum atomic E-state index is -3.92. The van der Waals surface area contributed by atoms with E-state index in [0.29, 0.717) is 6.26 Å². The predicted octanol–water partition coefficient (Wildman–Crippen LogP) is 9.56. The van der Waals surface area contributed by atoms with Crippen LogP contribution in [0.1, 0.15) is 96.8 Å². The number of rotatable bonds is 7. The molecule has 8 bridgehead atoms. The Morgan fingerprint density at radius 3 is 1.60 bits per heavy atom. The maximum atomic E-state index is 9.08. The summed E-state index contributed by atoms with van der Waals surface area (Å²) in [6, 6.07) is 19.4. The molecule has 1 N–H and O–H groups in total. The fourth-order valence-electron chi connectivity index (χ4n) is 11.6. The summed E-state index contributed by atoms with van der Waals surface area (Å²) in [5.74, 6) is 6.95. The summed E-state index contributed by atoms with van der Waals surface area (Å²) in [6.45, 7) is 2.45. The van der Waals surface area contributed by atoms with E-state index in [9.17, 15) is 0 Å². The normalized spacial score (nSPS) is 35.7. The molecule has 2 aromatic carbocycles. The van der Waals surface area contributed by atoms with Gasteiger partial charge in [-0.3, -0.25) is 0 Å². The van der Waals surface area contributed by atoms with Crippen LogP contribution in [0.25, 0.3) is 11.1 Å². The van der Waals surface area contributed by atoms with Gasteiger partial charge in [-0.2, -0.15) is 0 Å². The molecule has 0 atom stereocenters. The summed E-state index contributed by atoms with van der Waals surface area (Å²) in [5.41, 5.74) is 3.45. The molecule has 0 aliphatic heterocycles. The van der Waals surface area contributed by atoms with Gasteiger partial charge in [0.1, 0.15) is 0 Å². The molecular formula is C38H54NO3PPdS. The van der Waals surface area contributed by atoms with Crippen LogP contribution in [0.3, 0.4) is 0 Å². The molecule has 0 amide bonds. The van der Waals surface area contributed by atoms with Crippen LogP contribution in [0, 0.1) is 41.6 Å². The van der Waals surface area contributed by atoms with E-state index < -0.39 is 10.1 Å². The van der Waals surface area contributed by atoms with E-state index in [1.165, 1.54) is 12.0 Å². The minimum absolute atomic E-state index is 0. The summed E-state index contributed by atoms with van der Waals surface area (Å²) >= 11 is 0. The maximum absolute atomic E-state index is 9.08. The van der Waals surface area contributed by atoms with Crippen molar-refractivity contribution in [2.24, 2.45) is 35.5 Å². The number of para-hydroxylation sites is 1. The molecule has 250 valence electrons. The zero-order chi connectivity index (χ0) is 31.0. The molecule has 8 aliphatic rings. The Labute approximate surface area is 288 Å². The monoisotopic (exact) mass is 741 g/mol. The van der Waals surface area contributed by atoms with Crippen LogP contribution in [0.5, 0.6) is 0 Å². The molecule has 8 aliphatic carbocycles. The largest absolute Gasteiger partial charge is 2.00 e. The summed E-state index contributed by atoms with van der Waals surface area (Å²) in [6.07, 6.45) is 25.2. The van der Waals surface area contributed by atoms with Gasteiger partial charge in [0.2, 0.25) is 0 Å². The van der Waals surface area contributed by atoms with Crippen LogP contribution in [-0.2, 0) is 30.5 Å². The second-order valence-electron chi connectivity index (χ2n) is 15.6. The summed E-state index contributed by atoms with van der Waals surface area (Å²) < 4.78 is 27.2. The van der Waals surface area contributed by atoms with Crippen molar-refractivity contribution in [3.63, 3.8) is 0 Å². The first kappa shape index (κ1) is 35.5. The average Bonchev–Trinajstić information content (AvgIpc) is 2.96. The van der Waals surface area contributed by atoms with E-state index in [0.717, 1.165) is 57.1 Å². The zero-order valence-corrected chi connectivity index (χ0v) is 30.9. The van der Waals surface area contributed by atoms with Gasteiger partial charge in [-0.25, -0.2) is 8.42 Å². The van der Waals surface area contributed by atoms with Crippen LogP contribution in [0.2, 0.25) is 0 Å². The maximum Gasteiger partial charge on any atom is 2.00 e. The Balaban J connectivity index is 0.000000170. The van der Waals surface area contributed by atoms with Crippen molar-refractivity contribution in [3.05, 3.63) is 54.6 Å². The Bertz CT molecular complexity index is 1240. The zero-order valence-electron chi connectivity index (χ0n) is 27.6. The SMILES string of the molecule is CCCCP(C12CC3CC(CC(C3)C1)C2)C12CC3CC(CC(C3)C1)C2.CNc1ccccc1-c1[c-]cccc1.CS(=O)(=O)[O-].[Pd+2]. The first-order chi connectivity index (χ1) is 21.1. The van der Waals surface area contributed by atoms with Crippen molar-refractivity contribution in [1.82, 2.24) is 0 Å². The van der Waals surface area contributed by atoms with Crippen molar-refractivity contribution in [2.45, 2.75) is 107 Å². The smallest absolute Gasteiger partial charge is 0.748 e. The van der Waals surface area contributed by atoms with E-state index in [1.54, 1.807) is 89.6 Å². The van der Waals surface area contributed by atoms with Crippen LogP contribution in [-0.4, -0.2) is 42.7 Å². The van der Waals surface area contributed by atoms with Crippen LogP contribution in [0.15, 0.2) is 48.5 Å². The number of hydrogen-bond donors (Lipinski definition) is 1. The van der Waals surface area contributed by atoms with E-state index in [-0.39, 0.29) is 28.3 Å². The second-order valence-corrected chi connectivity index (χ2v) is 20.2. The van der Waals surface area contributed by atoms with E-state index in [2.05, 4.69) is 36.5 Å². The molecule has 10 rings (SSSR count). The molecule has 7 heteroatoms. The molecule has 4 nitrogen and oxygen atoms in total. The first-order valence-corrected chi connectivity index (χ1v) is 20.8. The van der Waals surface area contributed by atoms with Crippen molar-refractivity contribution >= 4 is 23.7 Å². The third-order valence-electron chi connectivity index (χ3n) is 12.1. The molecule has 8 saturated carbocycles. The quantitative estimate of drug-likeness (QED) is 0.133. The van der Waals surface area contributed by atoms with Crippen LogP contribution < -0.4 is 5.32 Å². The Morgan fingerprint density at radius 2 is 1.22 bits per heavy atom. The number of benzene rings is 2. The number of nitrogens with one attached hydrogen (secondary N) is 1. The molecular weight excluding hydrogens is 688 g/mol. The van der Waals surface area contributed by atoms with Gasteiger partial charge in [-0.05, 0) is 147 Å². The summed E-state index contributed by atoms with van der Waals surface area (Å²) in [5, 5.41) is 4.93. The molecule has 0 unspecified atom stereocenters. The number of anilines is 1. The first-order valence-electron chi connectivity index (χ1n) is 17.5. The molecule has 0 aromatic heterocycles. The third-order valence-corrected chi connectivity index (χ3v) is 16.2. The molecule has 0 saturated heterocycles. The van der Waals surface area contributed by atoms with E-state index in [1.807, 2.05) is 37.4 Å². The van der Waals surface area contributed by atoms with Gasteiger partial charge in [0, 0.05) is 13.3 Å². The van der Waals surface area contributed by atoms with Gasteiger partial charge in [-0.1, -0.05) is 45.0 Å². The van der Waals surface area contributed by atoms with Crippen LogP contribution >= 0.6 is 7.92 Å². The van der Waals surface area contributed by atoms with E-state index >= 15 is 0 Å². The fraction of sp³-hybridized carbons (Fsp3) is 0.684. The number of unbranched alkanes of at least 4 members (excludes halogenated alkanes) is 1. The molecule has 45 heavy (non-hydrogen) atoms. The van der Waals surface area contributed by atoms with Crippen LogP contribution in [0.4, 0.5) is 5.69 Å². The average molecular weight is 742 g/mol. The Hall–Kier alpha value is -0.758. The Kier molecular flexibility index (Phi) is 11.7. The standard InChI is InChI=1S/C24H39P.C13H12N.CH4O3S.Pd/c1-2-3-4-25(23-11-17-5-18(12-23)7-19(6-17)13-23)24-14-20-8-21(15-24)10-22(9-20)16-24;1-14-13-10-6-5-9-12(13)11-7-3-2-4-8-11;1-5(2,3)4;/h17-22H,2-16H2,1H3;2-7,9-10,14H,1H3;1H3,(H,2,3,4);/q;-1;;+2/p-1. The van der Waals surface area contributed by atoms with Gasteiger partial charge in [-0.15, -0.1) is 35.9 Å². The van der Waals surface area contributed by atoms with Crippen molar-refractivity contribution in [1.29, 1.82) is 0 Å². The Morgan fingerprint density at radius 1 is 0.800 bits per heavy atom. The fourth-order valence-corrected chi connectivity index (χ4v) is 17.0. The predicted molar refractivity (Wildman–Crippen MR) is 184 cm³/mol. The second kappa shape index (κ2) is 14.8.